The molecule has 1 aromatic carbocycles. The summed E-state index contributed by atoms with van der Waals surface area (Å²) in [5.74, 6) is 0.529. The summed E-state index contributed by atoms with van der Waals surface area (Å²) in [5.41, 5.74) is 0.699. The average Bonchev–Trinajstić information content (AvgIpc) is 2.26. The van der Waals surface area contributed by atoms with Crippen molar-refractivity contribution < 1.29 is 14.3 Å². The molecule has 92 valence electrons. The Morgan fingerprint density at radius 2 is 2.06 bits per heavy atom. The van der Waals surface area contributed by atoms with Crippen molar-refractivity contribution in [3.63, 3.8) is 0 Å². The molecule has 0 radical (unpaired) electrons. The molecule has 3 heteroatoms. The summed E-state index contributed by atoms with van der Waals surface area (Å²) in [6.45, 7) is 5.59. The number of carbonyl (C=O) groups excluding carboxylic acids is 1. The molecule has 1 aliphatic rings. The number of hydrogen-bond acceptors (Lipinski definition) is 3. The van der Waals surface area contributed by atoms with Gasteiger partial charge in [0.1, 0.15) is 11.4 Å². The van der Waals surface area contributed by atoms with E-state index in [1.807, 2.05) is 45.0 Å². The molecule has 0 aromatic heterocycles. The van der Waals surface area contributed by atoms with Crippen molar-refractivity contribution in [1.29, 1.82) is 0 Å². The second-order valence-corrected chi connectivity index (χ2v) is 5.29. The maximum Gasteiger partial charge on any atom is 0.347 e. The summed E-state index contributed by atoms with van der Waals surface area (Å²) < 4.78 is 11.0. The fraction of sp³-hybridized carbons (Fsp3) is 0.500. The van der Waals surface area contributed by atoms with Crippen molar-refractivity contribution in [1.82, 2.24) is 0 Å². The fourth-order valence-electron chi connectivity index (χ4n) is 1.86. The van der Waals surface area contributed by atoms with Gasteiger partial charge in [0, 0.05) is 0 Å². The van der Waals surface area contributed by atoms with Gasteiger partial charge in [0.25, 0.3) is 0 Å². The topological polar surface area (TPSA) is 35.5 Å². The predicted molar refractivity (Wildman–Crippen MR) is 65.0 cm³/mol. The van der Waals surface area contributed by atoms with Gasteiger partial charge in [-0.25, -0.2) is 4.79 Å². The number of ether oxygens (including phenoxy) is 2. The molecule has 0 saturated carbocycles. The second-order valence-electron chi connectivity index (χ2n) is 5.29. The molecule has 0 saturated heterocycles. The highest BCUT2D eigenvalue weighted by atomic mass is 16.6. The van der Waals surface area contributed by atoms with Crippen LogP contribution in [0.5, 0.6) is 5.75 Å². The molecule has 0 aliphatic carbocycles. The molecule has 0 fully saturated rings. The Hall–Kier alpha value is -1.51. The van der Waals surface area contributed by atoms with Gasteiger partial charge in [-0.2, -0.15) is 0 Å². The molecule has 0 bridgehead atoms. The van der Waals surface area contributed by atoms with Gasteiger partial charge >= 0.3 is 5.97 Å². The maximum absolute atomic E-state index is 11.9. The minimum absolute atomic E-state index is 0.271. The third-order valence-electron chi connectivity index (χ3n) is 2.59. The van der Waals surface area contributed by atoms with Crippen molar-refractivity contribution in [2.45, 2.75) is 45.3 Å². The van der Waals surface area contributed by atoms with E-state index in [0.717, 1.165) is 17.7 Å². The number of carbonyl (C=O) groups is 1. The van der Waals surface area contributed by atoms with E-state index in [0.29, 0.717) is 6.42 Å². The van der Waals surface area contributed by atoms with Crippen molar-refractivity contribution in [2.75, 3.05) is 0 Å². The largest absolute Gasteiger partial charge is 0.478 e. The number of benzene rings is 1. The maximum atomic E-state index is 11.9. The third kappa shape index (κ3) is 2.99. The van der Waals surface area contributed by atoms with Crippen molar-refractivity contribution in [3.8, 4) is 5.75 Å². The van der Waals surface area contributed by atoms with Gasteiger partial charge in [-0.3, -0.25) is 0 Å². The first-order chi connectivity index (χ1) is 7.96. The molecule has 1 heterocycles. The van der Waals surface area contributed by atoms with E-state index >= 15 is 0 Å². The lowest BCUT2D eigenvalue weighted by atomic mass is 10.0. The lowest BCUT2D eigenvalue weighted by Crippen LogP contribution is -2.37. The van der Waals surface area contributed by atoms with Gasteiger partial charge in [-0.1, -0.05) is 18.2 Å². The normalized spacial score (nSPS) is 19.1. The number of fused-ring (bicyclic) bond motifs is 1. The monoisotopic (exact) mass is 234 g/mol. The molecular weight excluding hydrogens is 216 g/mol. The highest BCUT2D eigenvalue weighted by Gasteiger charge is 2.29. The molecule has 1 aliphatic heterocycles. The van der Waals surface area contributed by atoms with E-state index in [1.165, 1.54) is 0 Å². The zero-order chi connectivity index (χ0) is 12.5. The molecule has 0 N–H and O–H groups in total. The van der Waals surface area contributed by atoms with E-state index < -0.39 is 11.7 Å². The van der Waals surface area contributed by atoms with Gasteiger partial charge in [-0.05, 0) is 45.2 Å². The van der Waals surface area contributed by atoms with Crippen LogP contribution >= 0.6 is 0 Å². The van der Waals surface area contributed by atoms with Crippen LogP contribution < -0.4 is 4.74 Å². The van der Waals surface area contributed by atoms with Crippen LogP contribution in [0.3, 0.4) is 0 Å². The van der Waals surface area contributed by atoms with E-state index in [1.54, 1.807) is 0 Å². The van der Waals surface area contributed by atoms with Crippen molar-refractivity contribution >= 4 is 5.97 Å². The number of hydrogen-bond donors (Lipinski definition) is 0. The number of rotatable bonds is 1. The predicted octanol–water partition coefficient (Wildman–Crippen LogP) is 2.72. The summed E-state index contributed by atoms with van der Waals surface area (Å²) in [5, 5.41) is 0. The Labute approximate surface area is 102 Å². The third-order valence-corrected chi connectivity index (χ3v) is 2.59. The number of para-hydroxylation sites is 1. The highest BCUT2D eigenvalue weighted by molar-refractivity contribution is 5.76. The van der Waals surface area contributed by atoms with Crippen LogP contribution in [-0.4, -0.2) is 17.7 Å². The van der Waals surface area contributed by atoms with Gasteiger partial charge in [0.05, 0.1) is 0 Å². The van der Waals surface area contributed by atoms with Crippen LogP contribution in [0, 0.1) is 0 Å². The van der Waals surface area contributed by atoms with Crippen LogP contribution in [-0.2, 0) is 16.0 Å². The lowest BCUT2D eigenvalue weighted by Gasteiger charge is -2.28. The molecule has 2 rings (SSSR count). The van der Waals surface area contributed by atoms with Crippen LogP contribution in [0.1, 0.15) is 32.8 Å². The summed E-state index contributed by atoms with van der Waals surface area (Å²) in [4.78, 5) is 11.9. The minimum atomic E-state index is -0.468. The number of esters is 1. The Kier molecular flexibility index (Phi) is 3.09. The molecule has 17 heavy (non-hydrogen) atoms. The summed E-state index contributed by atoms with van der Waals surface area (Å²) in [6, 6.07) is 7.82. The average molecular weight is 234 g/mol. The van der Waals surface area contributed by atoms with Gasteiger partial charge in [-0.15, -0.1) is 0 Å². The molecule has 1 aromatic rings. The summed E-state index contributed by atoms with van der Waals surface area (Å²) in [7, 11) is 0. The summed E-state index contributed by atoms with van der Waals surface area (Å²) >= 11 is 0. The SMILES string of the molecule is CC(C)(C)OC(=O)C1CCc2ccccc2O1. The van der Waals surface area contributed by atoms with Gasteiger partial charge < -0.3 is 9.47 Å². The van der Waals surface area contributed by atoms with Gasteiger partial charge in [0.2, 0.25) is 0 Å². The highest BCUT2D eigenvalue weighted by Crippen LogP contribution is 2.28. The fourth-order valence-corrected chi connectivity index (χ4v) is 1.86. The summed E-state index contributed by atoms with van der Waals surface area (Å²) in [6.07, 6.45) is 1.08. The molecule has 3 nitrogen and oxygen atoms in total. The van der Waals surface area contributed by atoms with Crippen LogP contribution in [0.4, 0.5) is 0 Å². The van der Waals surface area contributed by atoms with Crippen LogP contribution in [0.2, 0.25) is 0 Å². The molecule has 0 spiro atoms. The lowest BCUT2D eigenvalue weighted by molar-refractivity contribution is -0.164. The van der Waals surface area contributed by atoms with Crippen molar-refractivity contribution in [3.05, 3.63) is 29.8 Å². The van der Waals surface area contributed by atoms with E-state index in [9.17, 15) is 4.79 Å². The Morgan fingerprint density at radius 3 is 2.76 bits per heavy atom. The van der Waals surface area contributed by atoms with Crippen LogP contribution in [0.25, 0.3) is 0 Å². The Morgan fingerprint density at radius 1 is 1.35 bits per heavy atom. The Balaban J connectivity index is 2.05. The molecule has 1 atom stereocenters. The molecule has 0 amide bonds. The molecular formula is C14H18O3. The molecule has 1 unspecified atom stereocenters. The van der Waals surface area contributed by atoms with Crippen molar-refractivity contribution in [2.24, 2.45) is 0 Å². The first-order valence-corrected chi connectivity index (χ1v) is 5.93. The standard InChI is InChI=1S/C14H18O3/c1-14(2,3)17-13(15)12-9-8-10-6-4-5-7-11(10)16-12/h4-7,12H,8-9H2,1-3H3. The first kappa shape index (κ1) is 12.0. The zero-order valence-electron chi connectivity index (χ0n) is 10.5. The van der Waals surface area contributed by atoms with E-state index in [4.69, 9.17) is 9.47 Å². The van der Waals surface area contributed by atoms with Crippen LogP contribution in [0.15, 0.2) is 24.3 Å². The Bertz CT molecular complexity index is 418. The quantitative estimate of drug-likeness (QED) is 0.701. The van der Waals surface area contributed by atoms with E-state index in [-0.39, 0.29) is 5.97 Å². The second kappa shape index (κ2) is 4.40. The first-order valence-electron chi connectivity index (χ1n) is 5.93. The zero-order valence-corrected chi connectivity index (χ0v) is 10.5. The number of aryl methyl sites for hydroxylation is 1. The smallest absolute Gasteiger partial charge is 0.347 e. The van der Waals surface area contributed by atoms with E-state index in [2.05, 4.69) is 0 Å². The van der Waals surface area contributed by atoms with Gasteiger partial charge in [0.15, 0.2) is 6.10 Å². The minimum Gasteiger partial charge on any atom is -0.478 e.